The number of carbonyl (C=O) groups excluding carboxylic acids is 1. The minimum atomic E-state index is -4.44. The summed E-state index contributed by atoms with van der Waals surface area (Å²) in [6, 6.07) is 1.15. The maximum absolute atomic E-state index is 13.8. The van der Waals surface area contributed by atoms with Crippen LogP contribution in [0.5, 0.6) is 0 Å². The van der Waals surface area contributed by atoms with Crippen molar-refractivity contribution in [1.82, 2.24) is 9.88 Å². The van der Waals surface area contributed by atoms with Gasteiger partial charge in [-0.1, -0.05) is 0 Å². The van der Waals surface area contributed by atoms with Crippen LogP contribution in [0.3, 0.4) is 0 Å². The Kier molecular flexibility index (Phi) is 9.91. The lowest BCUT2D eigenvalue weighted by Gasteiger charge is -2.37. The number of hydrogen-bond donors (Lipinski definition) is 2. The topological polar surface area (TPSA) is 135 Å². The maximum atomic E-state index is 13.8. The third-order valence-electron chi connectivity index (χ3n) is 8.70. The summed E-state index contributed by atoms with van der Waals surface area (Å²) < 4.78 is 56.7. The summed E-state index contributed by atoms with van der Waals surface area (Å²) in [6.45, 7) is 2.57. The van der Waals surface area contributed by atoms with Gasteiger partial charge in [0, 0.05) is 51.7 Å². The Morgan fingerprint density at radius 1 is 1.20 bits per heavy atom. The van der Waals surface area contributed by atoms with Crippen LogP contribution in [0.1, 0.15) is 61.8 Å². The molecule has 4 aliphatic rings. The van der Waals surface area contributed by atoms with Gasteiger partial charge in [0.15, 0.2) is 0 Å². The molecule has 10 nitrogen and oxygen atoms in total. The Morgan fingerprint density at radius 2 is 1.93 bits per heavy atom. The predicted molar refractivity (Wildman–Crippen MR) is 137 cm³/mol. The Balaban J connectivity index is 0.000000426. The van der Waals surface area contributed by atoms with Crippen molar-refractivity contribution in [1.29, 1.82) is 0 Å². The highest BCUT2D eigenvalue weighted by atomic mass is 19.4. The minimum Gasteiger partial charge on any atom is -0.481 e. The number of aliphatic carboxylic acids is 2. The van der Waals surface area contributed by atoms with Gasteiger partial charge in [0.2, 0.25) is 5.91 Å². The molecule has 41 heavy (non-hydrogen) atoms. The highest BCUT2D eigenvalue weighted by Gasteiger charge is 2.57. The highest BCUT2D eigenvalue weighted by Crippen LogP contribution is 2.53. The predicted octanol–water partition coefficient (Wildman–Crippen LogP) is 3.55. The van der Waals surface area contributed by atoms with Gasteiger partial charge in [-0.2, -0.15) is 13.2 Å². The van der Waals surface area contributed by atoms with E-state index in [1.165, 1.54) is 0 Å². The number of hydrogen-bond acceptors (Lipinski definition) is 7. The van der Waals surface area contributed by atoms with Crippen LogP contribution in [0, 0.1) is 17.3 Å². The maximum Gasteiger partial charge on any atom is 0.417 e. The van der Waals surface area contributed by atoms with Crippen molar-refractivity contribution in [2.45, 2.75) is 76.3 Å². The van der Waals surface area contributed by atoms with Gasteiger partial charge in [0.1, 0.15) is 0 Å². The third-order valence-corrected chi connectivity index (χ3v) is 8.70. The van der Waals surface area contributed by atoms with Gasteiger partial charge in [-0.15, -0.1) is 0 Å². The van der Waals surface area contributed by atoms with E-state index >= 15 is 0 Å². The van der Waals surface area contributed by atoms with Crippen LogP contribution in [-0.2, 0) is 47.7 Å². The zero-order valence-electron chi connectivity index (χ0n) is 23.0. The van der Waals surface area contributed by atoms with Crippen molar-refractivity contribution in [3.63, 3.8) is 0 Å². The lowest BCUT2D eigenvalue weighted by molar-refractivity contribution is -0.145. The Morgan fingerprint density at radius 3 is 2.59 bits per heavy atom. The van der Waals surface area contributed by atoms with Gasteiger partial charge in [-0.05, 0) is 55.6 Å². The summed E-state index contributed by atoms with van der Waals surface area (Å²) in [5, 5.41) is 15.8. The highest BCUT2D eigenvalue weighted by molar-refractivity contribution is 5.84. The summed E-state index contributed by atoms with van der Waals surface area (Å²) in [5.41, 5.74) is -0.180. The average molecular weight is 587 g/mol. The van der Waals surface area contributed by atoms with Crippen LogP contribution < -0.4 is 0 Å². The number of alkyl halides is 3. The van der Waals surface area contributed by atoms with E-state index in [1.54, 1.807) is 12.0 Å². The molecule has 2 saturated heterocycles. The van der Waals surface area contributed by atoms with Gasteiger partial charge < -0.3 is 29.3 Å². The van der Waals surface area contributed by atoms with Gasteiger partial charge in [0.25, 0.3) is 0 Å². The molecule has 1 saturated carbocycles. The number of pyridine rings is 1. The van der Waals surface area contributed by atoms with E-state index in [0.29, 0.717) is 55.7 Å². The van der Waals surface area contributed by atoms with Crippen molar-refractivity contribution < 1.29 is 52.0 Å². The van der Waals surface area contributed by atoms with Crippen LogP contribution >= 0.6 is 0 Å². The van der Waals surface area contributed by atoms with Crippen LogP contribution in [0.4, 0.5) is 13.2 Å². The van der Waals surface area contributed by atoms with Gasteiger partial charge in [-0.3, -0.25) is 19.4 Å². The van der Waals surface area contributed by atoms with Crippen molar-refractivity contribution in [3.8, 4) is 0 Å². The molecule has 0 spiro atoms. The monoisotopic (exact) mass is 586 g/mol. The first kappa shape index (κ1) is 31.2. The zero-order chi connectivity index (χ0) is 29.8. The normalized spacial score (nSPS) is 29.2. The van der Waals surface area contributed by atoms with Gasteiger partial charge in [0.05, 0.1) is 42.6 Å². The molecule has 1 amide bonds. The molecule has 0 unspecified atom stereocenters. The Hall–Kier alpha value is -2.77. The fraction of sp³-hybridized carbons (Fsp3) is 0.714. The number of halogens is 3. The number of nitrogens with zero attached hydrogens (tertiary/aromatic N) is 2. The van der Waals surface area contributed by atoms with E-state index in [2.05, 4.69) is 4.98 Å². The summed E-state index contributed by atoms with van der Waals surface area (Å²) in [7, 11) is 1.72. The number of ether oxygens (including phenoxy) is 3. The second kappa shape index (κ2) is 13.0. The SMILES string of the molecule is CO[C@@H]1COCC[C@@H]1C[C@@H]1C[C@H]2OCC[C@@]2(C(=O)N2CCc3ncc(C(F)(F)F)cc3C2)C1.O=C(O)CCC(=O)O. The van der Waals surface area contributed by atoms with E-state index in [9.17, 15) is 27.6 Å². The number of fused-ring (bicyclic) bond motifs is 2. The molecule has 0 bridgehead atoms. The number of carboxylic acid groups (broad SMARTS) is 2. The van der Waals surface area contributed by atoms with Gasteiger partial charge in [-0.25, -0.2) is 0 Å². The van der Waals surface area contributed by atoms with Crippen LogP contribution in [0.25, 0.3) is 0 Å². The summed E-state index contributed by atoms with van der Waals surface area (Å²) in [4.78, 5) is 38.9. The summed E-state index contributed by atoms with van der Waals surface area (Å²) >= 11 is 0. The molecule has 3 aliphatic heterocycles. The molecule has 0 radical (unpaired) electrons. The molecule has 5 atom stereocenters. The molecule has 3 fully saturated rings. The van der Waals surface area contributed by atoms with Crippen molar-refractivity contribution in [3.05, 3.63) is 29.1 Å². The van der Waals surface area contributed by atoms with E-state index < -0.39 is 29.1 Å². The van der Waals surface area contributed by atoms with Gasteiger partial charge >= 0.3 is 18.1 Å². The van der Waals surface area contributed by atoms with E-state index in [4.69, 9.17) is 24.4 Å². The zero-order valence-corrected chi connectivity index (χ0v) is 23.0. The van der Waals surface area contributed by atoms with E-state index in [0.717, 1.165) is 44.6 Å². The molecule has 1 aliphatic carbocycles. The second-order valence-electron chi connectivity index (χ2n) is 11.3. The molecule has 5 rings (SSSR count). The van der Waals surface area contributed by atoms with Crippen molar-refractivity contribution >= 4 is 17.8 Å². The number of carbonyl (C=O) groups is 3. The molecule has 4 heterocycles. The second-order valence-corrected chi connectivity index (χ2v) is 11.3. The number of carboxylic acids is 2. The number of rotatable bonds is 7. The van der Waals surface area contributed by atoms with Crippen LogP contribution in [-0.4, -0.2) is 83.6 Å². The first-order valence-corrected chi connectivity index (χ1v) is 13.9. The molecule has 0 aromatic carbocycles. The third kappa shape index (κ3) is 7.36. The Bertz CT molecular complexity index is 1100. The quantitative estimate of drug-likeness (QED) is 0.492. The molecular weight excluding hydrogens is 549 g/mol. The molecule has 1 aromatic rings. The minimum absolute atomic E-state index is 0.0332. The Labute approximate surface area is 236 Å². The lowest BCUT2D eigenvalue weighted by Crippen LogP contribution is -2.48. The first-order valence-electron chi connectivity index (χ1n) is 13.9. The van der Waals surface area contributed by atoms with Crippen LogP contribution in [0.15, 0.2) is 12.3 Å². The van der Waals surface area contributed by atoms with Crippen molar-refractivity contribution in [2.24, 2.45) is 17.3 Å². The number of aromatic nitrogens is 1. The van der Waals surface area contributed by atoms with Crippen LogP contribution in [0.2, 0.25) is 0 Å². The molecule has 1 aromatic heterocycles. The molecule has 2 N–H and O–H groups in total. The largest absolute Gasteiger partial charge is 0.481 e. The smallest absolute Gasteiger partial charge is 0.417 e. The fourth-order valence-corrected chi connectivity index (χ4v) is 6.64. The molecule has 13 heteroatoms. The lowest BCUT2D eigenvalue weighted by atomic mass is 9.78. The molecular formula is C28H37F3N2O8. The average Bonchev–Trinajstić information content (AvgIpc) is 3.49. The number of methoxy groups -OCH3 is 1. The van der Waals surface area contributed by atoms with E-state index in [-0.39, 0.29) is 37.5 Å². The standard InChI is InChI=1S/C24H31F3N2O4.C4H6O4/c1-31-20-14-32-6-3-16(20)8-15-9-21-23(11-15,4-7-33-21)22(30)29-5-2-19-17(13-29)10-18(12-28-19)24(25,26)27;5-3(6)1-2-4(7)8/h10,12,15-16,20-21H,2-9,11,13-14H2,1H3;1-2H2,(H,5,6)(H,7,8)/t15-,16-,20-,21-,23-;/m1./s1. The molecule has 228 valence electrons. The first-order chi connectivity index (χ1) is 19.4. The summed E-state index contributed by atoms with van der Waals surface area (Å²) in [5.74, 6) is -1.34. The van der Waals surface area contributed by atoms with Crippen molar-refractivity contribution in [2.75, 3.05) is 33.5 Å². The number of amides is 1. The summed E-state index contributed by atoms with van der Waals surface area (Å²) in [6.07, 6.45) is 0.541. The fourth-order valence-electron chi connectivity index (χ4n) is 6.64. The van der Waals surface area contributed by atoms with E-state index in [1.807, 2.05) is 0 Å².